The van der Waals surface area contributed by atoms with Gasteiger partial charge in [0.2, 0.25) is 0 Å². The predicted octanol–water partition coefficient (Wildman–Crippen LogP) is 1.92. The van der Waals surface area contributed by atoms with Gasteiger partial charge >= 0.3 is 6.03 Å². The van der Waals surface area contributed by atoms with Crippen molar-refractivity contribution in [3.05, 3.63) is 77.5 Å². The number of imide groups is 1. The number of hydrogen-bond acceptors (Lipinski definition) is 4. The molecule has 0 unspecified atom stereocenters. The maximum absolute atomic E-state index is 13.6. The minimum atomic E-state index is -1.45. The number of carbonyl (C=O) groups is 3. The standard InChI is InChI=1S/C22H18FN5O3/c1-27-12-24-9-18(27)13-2-5-15(6-3-13)22(20(30)25-21(31)26-22)11-28-10-14-4-7-16(23)8-17(14)19(28)29/h2-9,12H,10-11H2,1H3,(H2,25,26,30,31)/t22-/m0/s1. The van der Waals surface area contributed by atoms with Crippen molar-refractivity contribution < 1.29 is 18.8 Å². The molecule has 8 nitrogen and oxygen atoms in total. The molecule has 5 rings (SSSR count). The van der Waals surface area contributed by atoms with E-state index >= 15 is 0 Å². The zero-order valence-electron chi connectivity index (χ0n) is 16.6. The van der Waals surface area contributed by atoms with Crippen LogP contribution in [0.4, 0.5) is 9.18 Å². The quantitative estimate of drug-likeness (QED) is 0.632. The molecule has 0 aliphatic carbocycles. The number of amides is 4. The van der Waals surface area contributed by atoms with Gasteiger partial charge in [0.15, 0.2) is 5.54 Å². The fraction of sp³-hybridized carbons (Fsp3) is 0.182. The lowest BCUT2D eigenvalue weighted by Gasteiger charge is -2.31. The molecular formula is C22H18FN5O3. The summed E-state index contributed by atoms with van der Waals surface area (Å²) < 4.78 is 15.5. The van der Waals surface area contributed by atoms with Crippen LogP contribution >= 0.6 is 0 Å². The van der Waals surface area contributed by atoms with Gasteiger partial charge < -0.3 is 14.8 Å². The van der Waals surface area contributed by atoms with Crippen molar-refractivity contribution in [1.82, 2.24) is 25.1 Å². The monoisotopic (exact) mass is 419 g/mol. The highest BCUT2D eigenvalue weighted by Gasteiger charge is 2.50. The molecule has 1 fully saturated rings. The molecular weight excluding hydrogens is 401 g/mol. The number of rotatable bonds is 4. The molecule has 2 aliphatic rings. The SMILES string of the molecule is Cn1cncc1-c1ccc([C@]2(CN3Cc4ccc(F)cc4C3=O)NC(=O)NC2=O)cc1. The van der Waals surface area contributed by atoms with Crippen LogP contribution in [0.15, 0.2) is 55.0 Å². The van der Waals surface area contributed by atoms with Crippen molar-refractivity contribution in [3.63, 3.8) is 0 Å². The van der Waals surface area contributed by atoms with Gasteiger partial charge in [0.1, 0.15) is 5.82 Å². The van der Waals surface area contributed by atoms with Gasteiger partial charge in [0, 0.05) is 19.2 Å². The smallest absolute Gasteiger partial charge is 0.322 e. The molecule has 3 aromatic rings. The fourth-order valence-corrected chi connectivity index (χ4v) is 4.21. The summed E-state index contributed by atoms with van der Waals surface area (Å²) in [6.45, 7) is 0.150. The van der Waals surface area contributed by atoms with Gasteiger partial charge in [-0.3, -0.25) is 14.9 Å². The van der Waals surface area contributed by atoms with Crippen LogP contribution in [0.2, 0.25) is 0 Å². The Balaban J connectivity index is 1.50. The van der Waals surface area contributed by atoms with E-state index in [4.69, 9.17) is 0 Å². The molecule has 9 heteroatoms. The normalized spacial score (nSPS) is 20.1. The third-order valence-corrected chi connectivity index (χ3v) is 5.81. The Morgan fingerprint density at radius 1 is 1.13 bits per heavy atom. The summed E-state index contributed by atoms with van der Waals surface area (Å²) in [7, 11) is 1.88. The van der Waals surface area contributed by atoms with Crippen LogP contribution in [-0.2, 0) is 23.9 Å². The molecule has 1 atom stereocenters. The first kappa shape index (κ1) is 19.0. The van der Waals surface area contributed by atoms with E-state index in [1.165, 1.54) is 17.0 Å². The van der Waals surface area contributed by atoms with E-state index in [0.29, 0.717) is 11.1 Å². The molecule has 1 saturated heterocycles. The number of urea groups is 1. The summed E-state index contributed by atoms with van der Waals surface area (Å²) in [5.41, 5.74) is 1.83. The molecule has 2 N–H and O–H groups in total. The molecule has 1 aromatic heterocycles. The Hall–Kier alpha value is -4.01. The Kier molecular flexibility index (Phi) is 4.14. The van der Waals surface area contributed by atoms with Gasteiger partial charge in [-0.05, 0) is 28.8 Å². The molecule has 0 radical (unpaired) electrons. The molecule has 156 valence electrons. The van der Waals surface area contributed by atoms with Gasteiger partial charge in [-0.1, -0.05) is 30.3 Å². The van der Waals surface area contributed by atoms with E-state index in [-0.39, 0.29) is 24.6 Å². The first-order valence-electron chi connectivity index (χ1n) is 9.66. The van der Waals surface area contributed by atoms with Crippen molar-refractivity contribution >= 4 is 17.8 Å². The van der Waals surface area contributed by atoms with Gasteiger partial charge in [-0.2, -0.15) is 0 Å². The van der Waals surface area contributed by atoms with Gasteiger partial charge in [0.25, 0.3) is 11.8 Å². The zero-order chi connectivity index (χ0) is 21.8. The van der Waals surface area contributed by atoms with Gasteiger partial charge in [0.05, 0.1) is 24.8 Å². The number of hydrogen-bond donors (Lipinski definition) is 2. The summed E-state index contributed by atoms with van der Waals surface area (Å²) in [5.74, 6) is -1.42. The molecule has 0 spiro atoms. The lowest BCUT2D eigenvalue weighted by Crippen LogP contribution is -2.52. The highest BCUT2D eigenvalue weighted by atomic mass is 19.1. The second-order valence-electron chi connectivity index (χ2n) is 7.74. The fourth-order valence-electron chi connectivity index (χ4n) is 4.21. The van der Waals surface area contributed by atoms with E-state index in [2.05, 4.69) is 15.6 Å². The van der Waals surface area contributed by atoms with Crippen molar-refractivity contribution in [3.8, 4) is 11.3 Å². The number of aryl methyl sites for hydroxylation is 1. The number of nitrogens with one attached hydrogen (secondary N) is 2. The number of imidazole rings is 1. The number of halogens is 1. The van der Waals surface area contributed by atoms with E-state index in [1.54, 1.807) is 30.7 Å². The second-order valence-corrected chi connectivity index (χ2v) is 7.74. The van der Waals surface area contributed by atoms with Gasteiger partial charge in [-0.15, -0.1) is 0 Å². The van der Waals surface area contributed by atoms with Crippen LogP contribution in [0.5, 0.6) is 0 Å². The Bertz CT molecular complexity index is 1240. The van der Waals surface area contributed by atoms with Crippen LogP contribution in [0.25, 0.3) is 11.3 Å². The first-order valence-corrected chi connectivity index (χ1v) is 9.66. The van der Waals surface area contributed by atoms with Crippen molar-refractivity contribution in [2.24, 2.45) is 7.05 Å². The Morgan fingerprint density at radius 3 is 2.55 bits per heavy atom. The van der Waals surface area contributed by atoms with Crippen LogP contribution in [-0.4, -0.2) is 38.8 Å². The summed E-state index contributed by atoms with van der Waals surface area (Å²) >= 11 is 0. The average molecular weight is 419 g/mol. The summed E-state index contributed by atoms with van der Waals surface area (Å²) in [5, 5.41) is 4.98. The van der Waals surface area contributed by atoms with E-state index < -0.39 is 23.3 Å². The van der Waals surface area contributed by atoms with Crippen LogP contribution < -0.4 is 10.6 Å². The summed E-state index contributed by atoms with van der Waals surface area (Å²) in [6.07, 6.45) is 3.42. The van der Waals surface area contributed by atoms with Gasteiger partial charge in [-0.25, -0.2) is 14.2 Å². The maximum Gasteiger partial charge on any atom is 0.322 e. The van der Waals surface area contributed by atoms with Crippen LogP contribution in [0.3, 0.4) is 0 Å². The lowest BCUT2D eigenvalue weighted by molar-refractivity contribution is -0.124. The molecule has 0 bridgehead atoms. The van der Waals surface area contributed by atoms with Crippen LogP contribution in [0, 0.1) is 5.82 Å². The van der Waals surface area contributed by atoms with E-state index in [1.807, 2.05) is 23.7 Å². The highest BCUT2D eigenvalue weighted by Crippen LogP contribution is 2.32. The first-order chi connectivity index (χ1) is 14.9. The van der Waals surface area contributed by atoms with Crippen molar-refractivity contribution in [2.75, 3.05) is 6.54 Å². The van der Waals surface area contributed by atoms with Crippen molar-refractivity contribution in [1.29, 1.82) is 0 Å². The molecule has 2 aromatic carbocycles. The Morgan fingerprint density at radius 2 is 1.90 bits per heavy atom. The minimum absolute atomic E-state index is 0.0786. The zero-order valence-corrected chi connectivity index (χ0v) is 16.6. The van der Waals surface area contributed by atoms with E-state index in [9.17, 15) is 18.8 Å². The average Bonchev–Trinajstić information content (AvgIpc) is 3.39. The largest absolute Gasteiger partial charge is 0.334 e. The number of aromatic nitrogens is 2. The number of carbonyl (C=O) groups excluding carboxylic acids is 3. The topological polar surface area (TPSA) is 96.3 Å². The molecule has 2 aliphatic heterocycles. The van der Waals surface area contributed by atoms with Crippen LogP contribution in [0.1, 0.15) is 21.5 Å². The minimum Gasteiger partial charge on any atom is -0.334 e. The molecule has 31 heavy (non-hydrogen) atoms. The molecule has 4 amide bonds. The van der Waals surface area contributed by atoms with Crippen molar-refractivity contribution in [2.45, 2.75) is 12.1 Å². The third-order valence-electron chi connectivity index (χ3n) is 5.81. The predicted molar refractivity (Wildman–Crippen MR) is 108 cm³/mol. The molecule has 0 saturated carbocycles. The summed E-state index contributed by atoms with van der Waals surface area (Å²) in [6, 6.07) is 10.6. The number of nitrogens with zero attached hydrogens (tertiary/aromatic N) is 3. The maximum atomic E-state index is 13.6. The highest BCUT2D eigenvalue weighted by molar-refractivity contribution is 6.08. The summed E-state index contributed by atoms with van der Waals surface area (Å²) in [4.78, 5) is 43.3. The number of fused-ring (bicyclic) bond motifs is 1. The third kappa shape index (κ3) is 2.97. The second kappa shape index (κ2) is 6.76. The lowest BCUT2D eigenvalue weighted by atomic mass is 9.88. The Labute approximate surface area is 176 Å². The molecule has 3 heterocycles. The van der Waals surface area contributed by atoms with E-state index in [0.717, 1.165) is 11.3 Å². The number of benzene rings is 2.